The van der Waals surface area contributed by atoms with Crippen LogP contribution in [0, 0.1) is 0 Å². The molecule has 0 rings (SSSR count). The molecule has 2 N–H and O–H groups in total. The number of hydrogen-bond donors (Lipinski definition) is 1. The van der Waals surface area contributed by atoms with Crippen LogP contribution in [0.1, 0.15) is 124 Å². The summed E-state index contributed by atoms with van der Waals surface area (Å²) in [6, 6.07) is 0. The van der Waals surface area contributed by atoms with E-state index in [-0.39, 0.29) is 12.4 Å². The first-order chi connectivity index (χ1) is 12.8. The summed E-state index contributed by atoms with van der Waals surface area (Å²) in [5, 5.41) is 0. The zero-order chi connectivity index (χ0) is 19.9. The van der Waals surface area contributed by atoms with Gasteiger partial charge in [0.1, 0.15) is 0 Å². The number of carbonyl (C=O) groups is 1. The molecule has 4 heteroatoms. The van der Waals surface area contributed by atoms with Gasteiger partial charge in [0, 0.05) is 19.5 Å². The van der Waals surface area contributed by atoms with E-state index >= 15 is 0 Å². The minimum absolute atomic E-state index is 0. The Hall–Kier alpha value is -0.280. The fourth-order valence-corrected chi connectivity index (χ4v) is 3.38. The van der Waals surface area contributed by atoms with Crippen LogP contribution in [0.5, 0.6) is 0 Å². The second-order valence-electron chi connectivity index (χ2n) is 7.27. The molecule has 166 valence electrons. The van der Waals surface area contributed by atoms with Crippen LogP contribution in [0.3, 0.4) is 0 Å². The number of amides is 1. The van der Waals surface area contributed by atoms with Crippen LogP contribution in [0.25, 0.3) is 0 Å². The van der Waals surface area contributed by atoms with Crippen LogP contribution in [-0.2, 0) is 4.79 Å². The van der Waals surface area contributed by atoms with Crippen molar-refractivity contribution in [2.24, 2.45) is 5.73 Å². The molecule has 0 atom stereocenters. The SMILES string of the molecule is CCCCCCCCCCCCCCCCCC(=O)N(CC)CC.CN.Cl. The standard InChI is InChI=1S/C22H45NO.CH5N.ClH/c1-4-7-8-9-10-11-12-13-14-15-16-17-18-19-20-21-22(24)23(5-2)6-3;1-2;/h4-21H2,1-3H3;2H2,1H3;1H. The van der Waals surface area contributed by atoms with Crippen molar-refractivity contribution in [3.05, 3.63) is 0 Å². The van der Waals surface area contributed by atoms with Crippen LogP contribution in [-0.4, -0.2) is 30.9 Å². The molecule has 0 saturated heterocycles. The van der Waals surface area contributed by atoms with Gasteiger partial charge in [-0.15, -0.1) is 12.4 Å². The summed E-state index contributed by atoms with van der Waals surface area (Å²) in [5.41, 5.74) is 4.50. The van der Waals surface area contributed by atoms with Crippen molar-refractivity contribution in [3.8, 4) is 0 Å². The topological polar surface area (TPSA) is 46.3 Å². The molecule has 0 aromatic carbocycles. The fourth-order valence-electron chi connectivity index (χ4n) is 3.38. The Kier molecular flexibility index (Phi) is 32.5. The minimum atomic E-state index is 0. The van der Waals surface area contributed by atoms with Crippen molar-refractivity contribution in [1.29, 1.82) is 0 Å². The molecule has 0 aliphatic rings. The number of hydrogen-bond acceptors (Lipinski definition) is 2. The zero-order valence-electron chi connectivity index (χ0n) is 19.1. The maximum absolute atomic E-state index is 11.9. The first-order valence-corrected chi connectivity index (χ1v) is 11.6. The van der Waals surface area contributed by atoms with Gasteiger partial charge in [-0.3, -0.25) is 4.79 Å². The van der Waals surface area contributed by atoms with E-state index in [9.17, 15) is 4.79 Å². The predicted octanol–water partition coefficient (Wildman–Crippen LogP) is 7.11. The van der Waals surface area contributed by atoms with Gasteiger partial charge in [-0.25, -0.2) is 0 Å². The van der Waals surface area contributed by atoms with Gasteiger partial charge < -0.3 is 10.6 Å². The lowest BCUT2D eigenvalue weighted by atomic mass is 10.0. The second-order valence-corrected chi connectivity index (χ2v) is 7.27. The van der Waals surface area contributed by atoms with Gasteiger partial charge in [0.2, 0.25) is 5.91 Å². The van der Waals surface area contributed by atoms with Gasteiger partial charge >= 0.3 is 0 Å². The molecule has 0 aromatic heterocycles. The lowest BCUT2D eigenvalue weighted by molar-refractivity contribution is -0.130. The van der Waals surface area contributed by atoms with Crippen molar-refractivity contribution in [1.82, 2.24) is 4.90 Å². The maximum Gasteiger partial charge on any atom is 0.222 e. The highest BCUT2D eigenvalue weighted by Gasteiger charge is 2.07. The van der Waals surface area contributed by atoms with E-state index in [1.165, 1.54) is 96.9 Å². The molecule has 0 saturated carbocycles. The third kappa shape index (κ3) is 23.7. The van der Waals surface area contributed by atoms with Crippen LogP contribution >= 0.6 is 12.4 Å². The normalized spacial score (nSPS) is 9.96. The molecular formula is C23H51ClN2O. The van der Waals surface area contributed by atoms with E-state index in [4.69, 9.17) is 0 Å². The number of nitrogens with zero attached hydrogens (tertiary/aromatic N) is 1. The Balaban J connectivity index is -0.00000185. The first-order valence-electron chi connectivity index (χ1n) is 11.6. The Morgan fingerprint density at radius 1 is 0.593 bits per heavy atom. The van der Waals surface area contributed by atoms with Gasteiger partial charge in [-0.1, -0.05) is 96.8 Å². The first kappa shape index (κ1) is 31.4. The summed E-state index contributed by atoms with van der Waals surface area (Å²) >= 11 is 0. The van der Waals surface area contributed by atoms with Gasteiger partial charge in [-0.05, 0) is 27.3 Å². The monoisotopic (exact) mass is 406 g/mol. The average Bonchev–Trinajstić information content (AvgIpc) is 2.67. The molecule has 27 heavy (non-hydrogen) atoms. The quantitative estimate of drug-likeness (QED) is 0.246. The van der Waals surface area contributed by atoms with E-state index in [2.05, 4.69) is 26.5 Å². The van der Waals surface area contributed by atoms with E-state index in [1.807, 2.05) is 4.90 Å². The van der Waals surface area contributed by atoms with E-state index in [1.54, 1.807) is 0 Å². The lowest BCUT2D eigenvalue weighted by Gasteiger charge is -2.18. The van der Waals surface area contributed by atoms with Crippen molar-refractivity contribution >= 4 is 18.3 Å². The van der Waals surface area contributed by atoms with Crippen molar-refractivity contribution in [2.45, 2.75) is 124 Å². The number of rotatable bonds is 18. The Bertz CT molecular complexity index is 271. The number of nitrogens with two attached hydrogens (primary N) is 1. The molecule has 0 aromatic rings. The van der Waals surface area contributed by atoms with Crippen LogP contribution in [0.4, 0.5) is 0 Å². The van der Waals surface area contributed by atoms with E-state index in [0.29, 0.717) is 5.91 Å². The molecular weight excluding hydrogens is 356 g/mol. The fraction of sp³-hybridized carbons (Fsp3) is 0.957. The van der Waals surface area contributed by atoms with Crippen LogP contribution in [0.15, 0.2) is 0 Å². The third-order valence-electron chi connectivity index (χ3n) is 5.11. The molecule has 0 spiro atoms. The molecule has 0 bridgehead atoms. The van der Waals surface area contributed by atoms with E-state index < -0.39 is 0 Å². The molecule has 0 heterocycles. The lowest BCUT2D eigenvalue weighted by Crippen LogP contribution is -2.30. The van der Waals surface area contributed by atoms with Crippen LogP contribution < -0.4 is 5.73 Å². The maximum atomic E-state index is 11.9. The molecule has 0 radical (unpaired) electrons. The third-order valence-corrected chi connectivity index (χ3v) is 5.11. The molecule has 0 unspecified atom stereocenters. The van der Waals surface area contributed by atoms with Gasteiger partial charge in [0.25, 0.3) is 0 Å². The number of halogens is 1. The highest BCUT2D eigenvalue weighted by atomic mass is 35.5. The summed E-state index contributed by atoms with van der Waals surface area (Å²) in [4.78, 5) is 13.8. The summed E-state index contributed by atoms with van der Waals surface area (Å²) < 4.78 is 0. The summed E-state index contributed by atoms with van der Waals surface area (Å²) in [6.07, 6.45) is 21.4. The highest BCUT2D eigenvalue weighted by Crippen LogP contribution is 2.13. The molecule has 3 nitrogen and oxygen atoms in total. The van der Waals surface area contributed by atoms with Gasteiger partial charge in [0.15, 0.2) is 0 Å². The Labute approximate surface area is 177 Å². The van der Waals surface area contributed by atoms with Crippen molar-refractivity contribution in [3.63, 3.8) is 0 Å². The summed E-state index contributed by atoms with van der Waals surface area (Å²) in [7, 11) is 1.50. The zero-order valence-corrected chi connectivity index (χ0v) is 19.9. The minimum Gasteiger partial charge on any atom is -0.343 e. The second kappa shape index (κ2) is 27.9. The largest absolute Gasteiger partial charge is 0.343 e. The van der Waals surface area contributed by atoms with Crippen molar-refractivity contribution < 1.29 is 4.79 Å². The Morgan fingerprint density at radius 3 is 1.19 bits per heavy atom. The molecule has 0 fully saturated rings. The summed E-state index contributed by atoms with van der Waals surface area (Å²) in [6.45, 7) is 8.12. The summed E-state index contributed by atoms with van der Waals surface area (Å²) in [5.74, 6) is 0.342. The number of carbonyl (C=O) groups excluding carboxylic acids is 1. The smallest absolute Gasteiger partial charge is 0.222 e. The Morgan fingerprint density at radius 2 is 0.889 bits per heavy atom. The van der Waals surface area contributed by atoms with Gasteiger partial charge in [-0.2, -0.15) is 0 Å². The van der Waals surface area contributed by atoms with Crippen molar-refractivity contribution in [2.75, 3.05) is 20.1 Å². The molecule has 1 amide bonds. The average molecular weight is 407 g/mol. The molecule has 0 aliphatic heterocycles. The highest BCUT2D eigenvalue weighted by molar-refractivity contribution is 5.85. The van der Waals surface area contributed by atoms with Gasteiger partial charge in [0.05, 0.1) is 0 Å². The number of unbranched alkanes of at least 4 members (excludes halogenated alkanes) is 14. The van der Waals surface area contributed by atoms with E-state index in [0.717, 1.165) is 25.9 Å². The molecule has 0 aliphatic carbocycles. The van der Waals surface area contributed by atoms with Crippen LogP contribution in [0.2, 0.25) is 0 Å². The predicted molar refractivity (Wildman–Crippen MR) is 125 cm³/mol.